The standard InChI is InChI=1S/C16H25NO/c1-3-4-14-5-7-15(8-6-14)11-17(2)12-16(13-18)9-10-16/h5-8,18H,3-4,9-13H2,1-2H3. The van der Waals surface area contributed by atoms with Crippen LogP contribution in [0.4, 0.5) is 0 Å². The number of aliphatic hydroxyl groups excluding tert-OH is 1. The van der Waals surface area contributed by atoms with Crippen molar-refractivity contribution in [2.75, 3.05) is 20.2 Å². The Balaban J connectivity index is 1.85. The summed E-state index contributed by atoms with van der Waals surface area (Å²) >= 11 is 0. The molecule has 0 amide bonds. The second-order valence-corrected chi connectivity index (χ2v) is 5.90. The molecule has 0 aliphatic heterocycles. The first-order chi connectivity index (χ1) is 8.67. The van der Waals surface area contributed by atoms with Crippen molar-refractivity contribution in [3.63, 3.8) is 0 Å². The Kier molecular flexibility index (Phi) is 4.41. The molecule has 0 atom stereocenters. The lowest BCUT2D eigenvalue weighted by Crippen LogP contribution is -2.28. The molecule has 1 aromatic rings. The third kappa shape index (κ3) is 3.56. The number of hydrogen-bond donors (Lipinski definition) is 1. The van der Waals surface area contributed by atoms with Gasteiger partial charge in [0.1, 0.15) is 0 Å². The maximum Gasteiger partial charge on any atom is 0.0499 e. The smallest absolute Gasteiger partial charge is 0.0499 e. The Morgan fingerprint density at radius 3 is 2.28 bits per heavy atom. The van der Waals surface area contributed by atoms with Crippen molar-refractivity contribution in [1.82, 2.24) is 4.90 Å². The first-order valence-electron chi connectivity index (χ1n) is 7.05. The van der Waals surface area contributed by atoms with Crippen molar-refractivity contribution < 1.29 is 5.11 Å². The van der Waals surface area contributed by atoms with Crippen molar-refractivity contribution in [1.29, 1.82) is 0 Å². The summed E-state index contributed by atoms with van der Waals surface area (Å²) in [7, 11) is 2.15. The van der Waals surface area contributed by atoms with Gasteiger partial charge < -0.3 is 10.0 Å². The SMILES string of the molecule is CCCc1ccc(CN(C)CC2(CO)CC2)cc1. The normalized spacial score (nSPS) is 17.1. The summed E-state index contributed by atoms with van der Waals surface area (Å²) in [4.78, 5) is 2.33. The summed E-state index contributed by atoms with van der Waals surface area (Å²) in [5.74, 6) is 0. The van der Waals surface area contributed by atoms with E-state index in [0.717, 1.165) is 13.1 Å². The van der Waals surface area contributed by atoms with Crippen LogP contribution in [0.3, 0.4) is 0 Å². The van der Waals surface area contributed by atoms with Gasteiger partial charge in [-0.15, -0.1) is 0 Å². The summed E-state index contributed by atoms with van der Waals surface area (Å²) in [6.07, 6.45) is 4.74. The molecule has 1 aromatic carbocycles. The third-order valence-corrected chi connectivity index (χ3v) is 3.91. The molecule has 1 saturated carbocycles. The lowest BCUT2D eigenvalue weighted by molar-refractivity contribution is 0.161. The minimum absolute atomic E-state index is 0.219. The van der Waals surface area contributed by atoms with Gasteiger partial charge in [0, 0.05) is 25.1 Å². The van der Waals surface area contributed by atoms with Crippen molar-refractivity contribution >= 4 is 0 Å². The molecule has 0 unspecified atom stereocenters. The molecule has 0 aromatic heterocycles. The van der Waals surface area contributed by atoms with Gasteiger partial charge in [-0.25, -0.2) is 0 Å². The molecule has 0 heterocycles. The Hall–Kier alpha value is -0.860. The quantitative estimate of drug-likeness (QED) is 0.801. The molecular weight excluding hydrogens is 222 g/mol. The van der Waals surface area contributed by atoms with Gasteiger partial charge in [0.25, 0.3) is 0 Å². The van der Waals surface area contributed by atoms with Gasteiger partial charge in [-0.1, -0.05) is 37.6 Å². The molecule has 0 radical (unpaired) electrons. The highest BCUT2D eigenvalue weighted by molar-refractivity contribution is 5.22. The number of rotatable bonds is 7. The molecule has 2 rings (SSSR count). The van der Waals surface area contributed by atoms with E-state index >= 15 is 0 Å². The van der Waals surface area contributed by atoms with Crippen LogP contribution in [0.5, 0.6) is 0 Å². The molecule has 1 fully saturated rings. The van der Waals surface area contributed by atoms with Crippen LogP contribution in [-0.2, 0) is 13.0 Å². The molecule has 1 aliphatic rings. The second kappa shape index (κ2) is 5.85. The van der Waals surface area contributed by atoms with Crippen molar-refractivity contribution in [3.05, 3.63) is 35.4 Å². The van der Waals surface area contributed by atoms with Gasteiger partial charge in [-0.2, -0.15) is 0 Å². The van der Waals surface area contributed by atoms with Crippen LogP contribution >= 0.6 is 0 Å². The highest BCUT2D eigenvalue weighted by atomic mass is 16.3. The summed E-state index contributed by atoms with van der Waals surface area (Å²) in [6, 6.07) is 8.96. The number of benzene rings is 1. The fraction of sp³-hybridized carbons (Fsp3) is 0.625. The minimum Gasteiger partial charge on any atom is -0.396 e. The highest BCUT2D eigenvalue weighted by Gasteiger charge is 2.42. The van der Waals surface area contributed by atoms with E-state index in [0.29, 0.717) is 6.61 Å². The van der Waals surface area contributed by atoms with E-state index in [-0.39, 0.29) is 5.41 Å². The van der Waals surface area contributed by atoms with Crippen LogP contribution in [0.15, 0.2) is 24.3 Å². The Bertz CT molecular complexity index is 367. The second-order valence-electron chi connectivity index (χ2n) is 5.90. The first kappa shape index (κ1) is 13.6. The van der Waals surface area contributed by atoms with Gasteiger partial charge >= 0.3 is 0 Å². The summed E-state index contributed by atoms with van der Waals surface area (Å²) < 4.78 is 0. The molecule has 1 aliphatic carbocycles. The predicted octanol–water partition coefficient (Wildman–Crippen LogP) is 2.84. The van der Waals surface area contributed by atoms with Gasteiger partial charge in [0.2, 0.25) is 0 Å². The molecule has 2 nitrogen and oxygen atoms in total. The lowest BCUT2D eigenvalue weighted by atomic mass is 10.1. The zero-order valence-corrected chi connectivity index (χ0v) is 11.7. The molecule has 0 bridgehead atoms. The largest absolute Gasteiger partial charge is 0.396 e. The van der Waals surface area contributed by atoms with E-state index in [1.165, 1.54) is 36.8 Å². The number of aliphatic hydroxyl groups is 1. The van der Waals surface area contributed by atoms with Crippen LogP contribution in [0.1, 0.15) is 37.3 Å². The summed E-state index contributed by atoms with van der Waals surface area (Å²) in [5.41, 5.74) is 3.01. The van der Waals surface area contributed by atoms with Gasteiger partial charge in [0.05, 0.1) is 0 Å². The lowest BCUT2D eigenvalue weighted by Gasteiger charge is -2.22. The zero-order valence-electron chi connectivity index (χ0n) is 11.7. The molecule has 0 saturated heterocycles. The average Bonchev–Trinajstić information content (AvgIpc) is 3.12. The van der Waals surface area contributed by atoms with Gasteiger partial charge in [-0.05, 0) is 37.4 Å². The topological polar surface area (TPSA) is 23.5 Å². The van der Waals surface area contributed by atoms with Crippen LogP contribution < -0.4 is 0 Å². The van der Waals surface area contributed by atoms with Crippen molar-refractivity contribution in [2.45, 2.75) is 39.2 Å². The maximum absolute atomic E-state index is 9.34. The fourth-order valence-corrected chi connectivity index (χ4v) is 2.58. The van der Waals surface area contributed by atoms with Gasteiger partial charge in [-0.3, -0.25) is 0 Å². The molecule has 18 heavy (non-hydrogen) atoms. The van der Waals surface area contributed by atoms with Crippen LogP contribution in [0.2, 0.25) is 0 Å². The molecule has 2 heteroatoms. The van der Waals surface area contributed by atoms with E-state index in [1.54, 1.807) is 0 Å². The third-order valence-electron chi connectivity index (χ3n) is 3.91. The van der Waals surface area contributed by atoms with E-state index in [2.05, 4.69) is 43.1 Å². The molecule has 1 N–H and O–H groups in total. The summed E-state index contributed by atoms with van der Waals surface area (Å²) in [5, 5.41) is 9.34. The molecule has 0 spiro atoms. The highest BCUT2D eigenvalue weighted by Crippen LogP contribution is 2.45. The van der Waals surface area contributed by atoms with Crippen molar-refractivity contribution in [2.24, 2.45) is 5.41 Å². The zero-order chi connectivity index (χ0) is 13.0. The molecular formula is C16H25NO. The number of hydrogen-bond acceptors (Lipinski definition) is 2. The maximum atomic E-state index is 9.34. The van der Waals surface area contributed by atoms with Crippen LogP contribution in [-0.4, -0.2) is 30.2 Å². The average molecular weight is 247 g/mol. The number of nitrogens with zero attached hydrogens (tertiary/aromatic N) is 1. The Morgan fingerprint density at radius 1 is 1.17 bits per heavy atom. The molecule has 100 valence electrons. The van der Waals surface area contributed by atoms with Gasteiger partial charge in [0.15, 0.2) is 0 Å². The Morgan fingerprint density at radius 2 is 1.78 bits per heavy atom. The fourth-order valence-electron chi connectivity index (χ4n) is 2.58. The first-order valence-corrected chi connectivity index (χ1v) is 7.05. The van der Waals surface area contributed by atoms with Crippen LogP contribution in [0, 0.1) is 5.41 Å². The van der Waals surface area contributed by atoms with E-state index in [4.69, 9.17) is 0 Å². The van der Waals surface area contributed by atoms with Crippen molar-refractivity contribution in [3.8, 4) is 0 Å². The minimum atomic E-state index is 0.219. The summed E-state index contributed by atoms with van der Waals surface area (Å²) in [6.45, 7) is 4.55. The predicted molar refractivity (Wildman–Crippen MR) is 75.5 cm³/mol. The van der Waals surface area contributed by atoms with E-state index < -0.39 is 0 Å². The van der Waals surface area contributed by atoms with E-state index in [1.807, 2.05) is 0 Å². The Labute approximate surface area is 111 Å². The van der Waals surface area contributed by atoms with Crippen LogP contribution in [0.25, 0.3) is 0 Å². The monoisotopic (exact) mass is 247 g/mol. The van der Waals surface area contributed by atoms with E-state index in [9.17, 15) is 5.11 Å². The number of aryl methyl sites for hydroxylation is 1.